The van der Waals surface area contributed by atoms with E-state index in [1.807, 2.05) is 30.3 Å². The van der Waals surface area contributed by atoms with Crippen molar-refractivity contribution in [1.29, 1.82) is 0 Å². The lowest BCUT2D eigenvalue weighted by Gasteiger charge is -2.12. The highest BCUT2D eigenvalue weighted by atomic mass is 16.3. The van der Waals surface area contributed by atoms with Gasteiger partial charge in [-0.15, -0.1) is 0 Å². The first kappa shape index (κ1) is 15.0. The molecule has 0 bridgehead atoms. The van der Waals surface area contributed by atoms with Crippen LogP contribution in [-0.4, -0.2) is 16.0 Å². The van der Waals surface area contributed by atoms with E-state index in [1.54, 1.807) is 13.0 Å². The van der Waals surface area contributed by atoms with E-state index in [1.165, 1.54) is 6.07 Å². The fourth-order valence-electron chi connectivity index (χ4n) is 1.99. The second kappa shape index (κ2) is 6.85. The summed E-state index contributed by atoms with van der Waals surface area (Å²) in [4.78, 5) is 16.0. The summed E-state index contributed by atoms with van der Waals surface area (Å²) in [7, 11) is 0. The Morgan fingerprint density at radius 2 is 2.00 bits per heavy atom. The van der Waals surface area contributed by atoms with Crippen molar-refractivity contribution in [2.75, 3.05) is 5.32 Å². The molecule has 0 aliphatic rings. The van der Waals surface area contributed by atoms with Crippen LogP contribution in [0.25, 0.3) is 0 Å². The lowest BCUT2D eigenvalue weighted by atomic mass is 10.0. The molecule has 5 nitrogen and oxygen atoms in total. The molecule has 0 aliphatic carbocycles. The normalized spacial score (nSPS) is 11.9. The van der Waals surface area contributed by atoms with E-state index in [9.17, 15) is 9.90 Å². The molecule has 0 radical (unpaired) electrons. The summed E-state index contributed by atoms with van der Waals surface area (Å²) in [6, 6.07) is 12.6. The van der Waals surface area contributed by atoms with Crippen molar-refractivity contribution in [2.24, 2.45) is 5.73 Å². The fraction of sp³-hybridized carbons (Fsp3) is 0.250. The number of carbonyl (C=O) groups excluding carboxylic acids is 1. The van der Waals surface area contributed by atoms with Crippen LogP contribution >= 0.6 is 0 Å². The van der Waals surface area contributed by atoms with E-state index < -0.39 is 0 Å². The van der Waals surface area contributed by atoms with Crippen LogP contribution in [0.3, 0.4) is 0 Å². The summed E-state index contributed by atoms with van der Waals surface area (Å²) in [6.07, 6.45) is 0.799. The van der Waals surface area contributed by atoms with Crippen molar-refractivity contribution < 1.29 is 9.90 Å². The number of nitrogens with two attached hydrogens (primary N) is 1. The van der Waals surface area contributed by atoms with E-state index in [-0.39, 0.29) is 29.9 Å². The first-order chi connectivity index (χ1) is 10.1. The van der Waals surface area contributed by atoms with Crippen LogP contribution < -0.4 is 11.1 Å². The standard InChI is InChI=1S/C16H19N3O2/c1-11-7-9-14(20)16(18-11)19-15(21)10-8-13(17)12-5-3-2-4-6-12/h2-7,9,13,20H,8,10,17H2,1H3,(H,18,19,21). The van der Waals surface area contributed by atoms with Crippen LogP contribution in [0.15, 0.2) is 42.5 Å². The fourth-order valence-corrected chi connectivity index (χ4v) is 1.99. The van der Waals surface area contributed by atoms with Gasteiger partial charge in [0.25, 0.3) is 0 Å². The average Bonchev–Trinajstić information content (AvgIpc) is 2.49. The zero-order valence-corrected chi connectivity index (χ0v) is 11.9. The Morgan fingerprint density at radius 3 is 2.71 bits per heavy atom. The molecule has 1 heterocycles. The van der Waals surface area contributed by atoms with E-state index in [0.29, 0.717) is 6.42 Å². The predicted octanol–water partition coefficient (Wildman–Crippen LogP) is 2.51. The lowest BCUT2D eigenvalue weighted by Crippen LogP contribution is -2.17. The summed E-state index contributed by atoms with van der Waals surface area (Å²) < 4.78 is 0. The third-order valence-corrected chi connectivity index (χ3v) is 3.18. The van der Waals surface area contributed by atoms with E-state index in [2.05, 4.69) is 10.3 Å². The maximum Gasteiger partial charge on any atom is 0.225 e. The van der Waals surface area contributed by atoms with Gasteiger partial charge in [-0.3, -0.25) is 4.79 Å². The molecule has 0 spiro atoms. The molecule has 0 fully saturated rings. The number of pyridine rings is 1. The van der Waals surface area contributed by atoms with Crippen molar-refractivity contribution in [3.63, 3.8) is 0 Å². The van der Waals surface area contributed by atoms with Gasteiger partial charge in [-0.05, 0) is 31.0 Å². The van der Waals surface area contributed by atoms with Crippen molar-refractivity contribution in [2.45, 2.75) is 25.8 Å². The van der Waals surface area contributed by atoms with Crippen molar-refractivity contribution in [1.82, 2.24) is 4.98 Å². The van der Waals surface area contributed by atoms with Crippen LogP contribution in [0.2, 0.25) is 0 Å². The first-order valence-electron chi connectivity index (χ1n) is 6.83. The maximum atomic E-state index is 11.9. The van der Waals surface area contributed by atoms with E-state index >= 15 is 0 Å². The molecule has 1 aromatic carbocycles. The molecule has 1 unspecified atom stereocenters. The number of benzene rings is 1. The molecule has 110 valence electrons. The molecule has 1 atom stereocenters. The summed E-state index contributed by atoms with van der Waals surface area (Å²) in [5.74, 6) is -0.0654. The smallest absolute Gasteiger partial charge is 0.225 e. The Morgan fingerprint density at radius 1 is 1.29 bits per heavy atom. The molecule has 0 saturated heterocycles. The number of aromatic nitrogens is 1. The number of nitrogens with one attached hydrogen (secondary N) is 1. The molecule has 5 heteroatoms. The molecule has 21 heavy (non-hydrogen) atoms. The highest BCUT2D eigenvalue weighted by Gasteiger charge is 2.11. The second-order valence-electron chi connectivity index (χ2n) is 4.92. The van der Waals surface area contributed by atoms with Gasteiger partial charge in [-0.1, -0.05) is 30.3 Å². The monoisotopic (exact) mass is 285 g/mol. The van der Waals surface area contributed by atoms with Crippen LogP contribution in [0, 0.1) is 6.92 Å². The van der Waals surface area contributed by atoms with Crippen LogP contribution in [-0.2, 0) is 4.79 Å². The molecular formula is C16H19N3O2. The van der Waals surface area contributed by atoms with Crippen LogP contribution in [0.4, 0.5) is 5.82 Å². The Labute approximate surface area is 123 Å². The Hall–Kier alpha value is -2.40. The topological polar surface area (TPSA) is 88.2 Å². The zero-order valence-electron chi connectivity index (χ0n) is 11.9. The SMILES string of the molecule is Cc1ccc(O)c(NC(=O)CCC(N)c2ccccc2)n1. The lowest BCUT2D eigenvalue weighted by molar-refractivity contribution is -0.116. The van der Waals surface area contributed by atoms with Crippen LogP contribution in [0.1, 0.15) is 30.1 Å². The Bertz CT molecular complexity index is 614. The minimum absolute atomic E-state index is 0.0405. The summed E-state index contributed by atoms with van der Waals surface area (Å²) in [5.41, 5.74) is 7.77. The first-order valence-corrected chi connectivity index (χ1v) is 6.83. The number of anilines is 1. The number of rotatable bonds is 5. The number of hydrogen-bond donors (Lipinski definition) is 3. The molecular weight excluding hydrogens is 266 g/mol. The second-order valence-corrected chi connectivity index (χ2v) is 4.92. The van der Waals surface area contributed by atoms with Gasteiger partial charge in [0.1, 0.15) is 0 Å². The zero-order chi connectivity index (χ0) is 15.2. The van der Waals surface area contributed by atoms with Gasteiger partial charge >= 0.3 is 0 Å². The van der Waals surface area contributed by atoms with Crippen molar-refractivity contribution in [3.05, 3.63) is 53.7 Å². The predicted molar refractivity (Wildman–Crippen MR) is 81.9 cm³/mol. The van der Waals surface area contributed by atoms with Gasteiger partial charge < -0.3 is 16.2 Å². The minimum Gasteiger partial charge on any atom is -0.504 e. The highest BCUT2D eigenvalue weighted by Crippen LogP contribution is 2.21. The molecule has 1 amide bonds. The van der Waals surface area contributed by atoms with E-state index in [4.69, 9.17) is 5.73 Å². The Kier molecular flexibility index (Phi) is 4.90. The van der Waals surface area contributed by atoms with Crippen LogP contribution in [0.5, 0.6) is 5.75 Å². The average molecular weight is 285 g/mol. The number of carbonyl (C=O) groups is 1. The van der Waals surface area contributed by atoms with Gasteiger partial charge in [0.15, 0.2) is 11.6 Å². The largest absolute Gasteiger partial charge is 0.504 e. The van der Waals surface area contributed by atoms with Crippen molar-refractivity contribution in [3.8, 4) is 5.75 Å². The van der Waals surface area contributed by atoms with Gasteiger partial charge in [-0.25, -0.2) is 4.98 Å². The van der Waals surface area contributed by atoms with Crippen molar-refractivity contribution >= 4 is 11.7 Å². The van der Waals surface area contributed by atoms with Gasteiger partial charge in [0.05, 0.1) is 0 Å². The summed E-state index contributed by atoms with van der Waals surface area (Å²) >= 11 is 0. The van der Waals surface area contributed by atoms with Gasteiger partial charge in [0, 0.05) is 18.2 Å². The maximum absolute atomic E-state index is 11.9. The molecule has 0 saturated carbocycles. The third kappa shape index (κ3) is 4.29. The number of aromatic hydroxyl groups is 1. The number of hydrogen-bond acceptors (Lipinski definition) is 4. The third-order valence-electron chi connectivity index (χ3n) is 3.18. The molecule has 2 aromatic rings. The number of nitrogens with zero attached hydrogens (tertiary/aromatic N) is 1. The van der Waals surface area contributed by atoms with Gasteiger partial charge in [-0.2, -0.15) is 0 Å². The summed E-state index contributed by atoms with van der Waals surface area (Å²) in [6.45, 7) is 1.79. The number of amides is 1. The highest BCUT2D eigenvalue weighted by molar-refractivity contribution is 5.91. The molecule has 0 aliphatic heterocycles. The number of aryl methyl sites for hydroxylation is 1. The summed E-state index contributed by atoms with van der Waals surface area (Å²) in [5, 5.41) is 12.2. The molecule has 1 aromatic heterocycles. The molecule has 4 N–H and O–H groups in total. The van der Waals surface area contributed by atoms with E-state index in [0.717, 1.165) is 11.3 Å². The Balaban J connectivity index is 1.89. The molecule has 2 rings (SSSR count). The minimum atomic E-state index is -0.213. The quantitative estimate of drug-likeness (QED) is 0.787. The van der Waals surface area contributed by atoms with Gasteiger partial charge in [0.2, 0.25) is 5.91 Å².